The fourth-order valence-electron chi connectivity index (χ4n) is 3.20. The minimum atomic E-state index is 0.158. The second-order valence-corrected chi connectivity index (χ2v) is 6.01. The predicted molar refractivity (Wildman–Crippen MR) is 80.7 cm³/mol. The SMILES string of the molecule is CCCC(C)C(=O)c1ccc(C2CCCCC2)cc1. The highest BCUT2D eigenvalue weighted by Crippen LogP contribution is 2.32. The van der Waals surface area contributed by atoms with Crippen LogP contribution in [-0.4, -0.2) is 5.78 Å². The normalized spacial score (nSPS) is 18.2. The highest BCUT2D eigenvalue weighted by atomic mass is 16.1. The average Bonchev–Trinajstić information content (AvgIpc) is 2.48. The molecule has 1 aromatic carbocycles. The molecule has 1 fully saturated rings. The Morgan fingerprint density at radius 2 is 1.79 bits per heavy atom. The summed E-state index contributed by atoms with van der Waals surface area (Å²) in [7, 11) is 0. The van der Waals surface area contributed by atoms with Gasteiger partial charge in [0.25, 0.3) is 0 Å². The van der Waals surface area contributed by atoms with Gasteiger partial charge in [-0.3, -0.25) is 4.79 Å². The van der Waals surface area contributed by atoms with Crippen LogP contribution in [0.4, 0.5) is 0 Å². The molecular weight excluding hydrogens is 232 g/mol. The van der Waals surface area contributed by atoms with Gasteiger partial charge >= 0.3 is 0 Å². The molecule has 0 aromatic heterocycles. The monoisotopic (exact) mass is 258 g/mol. The lowest BCUT2D eigenvalue weighted by Gasteiger charge is -2.22. The molecule has 1 heteroatoms. The number of carbonyl (C=O) groups is 1. The zero-order chi connectivity index (χ0) is 13.7. The lowest BCUT2D eigenvalue weighted by atomic mass is 9.83. The third kappa shape index (κ3) is 3.68. The van der Waals surface area contributed by atoms with E-state index in [2.05, 4.69) is 19.1 Å². The molecule has 1 aliphatic carbocycles. The number of benzene rings is 1. The predicted octanol–water partition coefficient (Wildman–Crippen LogP) is 5.35. The van der Waals surface area contributed by atoms with Gasteiger partial charge in [0.1, 0.15) is 0 Å². The molecule has 1 unspecified atom stereocenters. The van der Waals surface area contributed by atoms with Gasteiger partial charge in [-0.2, -0.15) is 0 Å². The zero-order valence-electron chi connectivity index (χ0n) is 12.3. The summed E-state index contributed by atoms with van der Waals surface area (Å²) in [6.07, 6.45) is 8.81. The zero-order valence-corrected chi connectivity index (χ0v) is 12.3. The molecule has 0 amide bonds. The molecule has 1 aliphatic rings. The van der Waals surface area contributed by atoms with Crippen LogP contribution < -0.4 is 0 Å². The van der Waals surface area contributed by atoms with Crippen LogP contribution in [0.15, 0.2) is 24.3 Å². The van der Waals surface area contributed by atoms with Crippen molar-refractivity contribution < 1.29 is 4.79 Å². The van der Waals surface area contributed by atoms with E-state index in [1.807, 2.05) is 19.1 Å². The summed E-state index contributed by atoms with van der Waals surface area (Å²) in [5.41, 5.74) is 2.32. The maximum atomic E-state index is 12.2. The van der Waals surface area contributed by atoms with E-state index >= 15 is 0 Å². The van der Waals surface area contributed by atoms with Crippen molar-refractivity contribution in [1.82, 2.24) is 0 Å². The third-order valence-corrected chi connectivity index (χ3v) is 4.44. The van der Waals surface area contributed by atoms with Gasteiger partial charge in [-0.15, -0.1) is 0 Å². The van der Waals surface area contributed by atoms with Gasteiger partial charge in [-0.05, 0) is 30.7 Å². The van der Waals surface area contributed by atoms with E-state index in [0.29, 0.717) is 5.78 Å². The van der Waals surface area contributed by atoms with Gasteiger partial charge in [0.2, 0.25) is 0 Å². The molecule has 19 heavy (non-hydrogen) atoms. The second-order valence-electron chi connectivity index (χ2n) is 6.01. The van der Waals surface area contributed by atoms with Crippen LogP contribution in [0.25, 0.3) is 0 Å². The molecule has 0 heterocycles. The van der Waals surface area contributed by atoms with E-state index in [4.69, 9.17) is 0 Å². The summed E-state index contributed by atoms with van der Waals surface area (Å²) in [5.74, 6) is 1.19. The van der Waals surface area contributed by atoms with Crippen molar-refractivity contribution in [2.45, 2.75) is 64.7 Å². The quantitative estimate of drug-likeness (QED) is 0.650. The lowest BCUT2D eigenvalue weighted by Crippen LogP contribution is -2.11. The molecule has 1 nitrogen and oxygen atoms in total. The van der Waals surface area contributed by atoms with Crippen molar-refractivity contribution in [2.75, 3.05) is 0 Å². The van der Waals surface area contributed by atoms with Crippen LogP contribution in [-0.2, 0) is 0 Å². The third-order valence-electron chi connectivity index (χ3n) is 4.44. The van der Waals surface area contributed by atoms with Crippen LogP contribution in [0.2, 0.25) is 0 Å². The second kappa shape index (κ2) is 6.88. The molecule has 2 rings (SSSR count). The molecule has 0 radical (unpaired) electrons. The first-order valence-electron chi connectivity index (χ1n) is 7.86. The Morgan fingerprint density at radius 3 is 2.37 bits per heavy atom. The lowest BCUT2D eigenvalue weighted by molar-refractivity contribution is 0.0923. The van der Waals surface area contributed by atoms with Gasteiger partial charge in [0, 0.05) is 11.5 Å². The molecule has 0 N–H and O–H groups in total. The standard InChI is InChI=1S/C18H26O/c1-3-7-14(2)18(19)17-12-10-16(11-13-17)15-8-5-4-6-9-15/h10-15H,3-9H2,1-2H3. The van der Waals surface area contributed by atoms with E-state index in [1.54, 1.807) is 0 Å². The van der Waals surface area contributed by atoms with E-state index in [-0.39, 0.29) is 5.92 Å². The maximum absolute atomic E-state index is 12.2. The summed E-state index contributed by atoms with van der Waals surface area (Å²) >= 11 is 0. The molecule has 0 spiro atoms. The Morgan fingerprint density at radius 1 is 1.16 bits per heavy atom. The fourth-order valence-corrected chi connectivity index (χ4v) is 3.20. The average molecular weight is 258 g/mol. The van der Waals surface area contributed by atoms with E-state index in [9.17, 15) is 4.79 Å². The number of ketones is 1. The first-order chi connectivity index (χ1) is 9.22. The summed E-state index contributed by atoms with van der Waals surface area (Å²) in [6, 6.07) is 8.45. The minimum Gasteiger partial charge on any atom is -0.294 e. The first-order valence-corrected chi connectivity index (χ1v) is 7.86. The van der Waals surface area contributed by atoms with Gasteiger partial charge in [-0.25, -0.2) is 0 Å². The molecule has 1 atom stereocenters. The maximum Gasteiger partial charge on any atom is 0.165 e. The highest BCUT2D eigenvalue weighted by molar-refractivity contribution is 5.97. The van der Waals surface area contributed by atoms with Crippen LogP contribution in [0.1, 0.15) is 80.6 Å². The topological polar surface area (TPSA) is 17.1 Å². The van der Waals surface area contributed by atoms with Crippen LogP contribution in [0.5, 0.6) is 0 Å². The number of rotatable bonds is 5. The highest BCUT2D eigenvalue weighted by Gasteiger charge is 2.17. The van der Waals surface area contributed by atoms with Crippen molar-refractivity contribution >= 4 is 5.78 Å². The summed E-state index contributed by atoms with van der Waals surface area (Å²) in [6.45, 7) is 4.18. The van der Waals surface area contributed by atoms with Crippen molar-refractivity contribution in [3.8, 4) is 0 Å². The van der Waals surface area contributed by atoms with Crippen molar-refractivity contribution in [3.05, 3.63) is 35.4 Å². The summed E-state index contributed by atoms with van der Waals surface area (Å²) < 4.78 is 0. The van der Waals surface area contributed by atoms with E-state index < -0.39 is 0 Å². The number of Topliss-reactive ketones (excluding diaryl/α,β-unsaturated/α-hetero) is 1. The smallest absolute Gasteiger partial charge is 0.165 e. The minimum absolute atomic E-state index is 0.158. The Kier molecular flexibility index (Phi) is 5.18. The molecule has 1 aromatic rings. The molecule has 0 saturated heterocycles. The van der Waals surface area contributed by atoms with Crippen LogP contribution in [0, 0.1) is 5.92 Å². The Balaban J connectivity index is 2.03. The first kappa shape index (κ1) is 14.3. The van der Waals surface area contributed by atoms with Gasteiger partial charge in [0.05, 0.1) is 0 Å². The van der Waals surface area contributed by atoms with Crippen LogP contribution in [0.3, 0.4) is 0 Å². The van der Waals surface area contributed by atoms with Crippen molar-refractivity contribution in [3.63, 3.8) is 0 Å². The number of hydrogen-bond acceptors (Lipinski definition) is 1. The summed E-state index contributed by atoms with van der Waals surface area (Å²) in [4.78, 5) is 12.2. The van der Waals surface area contributed by atoms with E-state index in [1.165, 1.54) is 37.7 Å². The van der Waals surface area contributed by atoms with E-state index in [0.717, 1.165) is 24.3 Å². The Bertz CT molecular complexity index is 398. The molecule has 0 aliphatic heterocycles. The molecule has 1 saturated carbocycles. The molecular formula is C18H26O. The van der Waals surface area contributed by atoms with Crippen molar-refractivity contribution in [2.24, 2.45) is 5.92 Å². The Labute approximate surface area is 117 Å². The molecule has 0 bridgehead atoms. The Hall–Kier alpha value is -1.11. The number of carbonyl (C=O) groups excluding carboxylic acids is 1. The van der Waals surface area contributed by atoms with Gasteiger partial charge in [-0.1, -0.05) is 63.8 Å². The molecule has 104 valence electrons. The van der Waals surface area contributed by atoms with Crippen molar-refractivity contribution in [1.29, 1.82) is 0 Å². The fraction of sp³-hybridized carbons (Fsp3) is 0.611. The largest absolute Gasteiger partial charge is 0.294 e. The number of hydrogen-bond donors (Lipinski definition) is 0. The summed E-state index contributed by atoms with van der Waals surface area (Å²) in [5, 5.41) is 0. The van der Waals surface area contributed by atoms with Crippen LogP contribution >= 0.6 is 0 Å². The van der Waals surface area contributed by atoms with Gasteiger partial charge < -0.3 is 0 Å². The van der Waals surface area contributed by atoms with Gasteiger partial charge in [0.15, 0.2) is 5.78 Å².